The van der Waals surface area contributed by atoms with Gasteiger partial charge in [-0.3, -0.25) is 0 Å². The molecule has 0 heterocycles. The van der Waals surface area contributed by atoms with Crippen LogP contribution in [0, 0.1) is 6.08 Å². The predicted octanol–water partition coefficient (Wildman–Crippen LogP) is 3.38. The Hall–Kier alpha value is -2.91. The van der Waals surface area contributed by atoms with E-state index in [0.717, 1.165) is 16.7 Å². The van der Waals surface area contributed by atoms with E-state index in [9.17, 15) is 5.11 Å². The lowest BCUT2D eigenvalue weighted by atomic mass is 9.98. The summed E-state index contributed by atoms with van der Waals surface area (Å²) in [6, 6.07) is 7.35. The minimum atomic E-state index is 0.0527. The van der Waals surface area contributed by atoms with Gasteiger partial charge in [-0.2, -0.15) is 0 Å². The third kappa shape index (κ3) is 2.59. The molecule has 24 heavy (non-hydrogen) atoms. The van der Waals surface area contributed by atoms with Crippen LogP contribution in [0.2, 0.25) is 0 Å². The van der Waals surface area contributed by atoms with Gasteiger partial charge >= 0.3 is 0 Å². The molecular weight excluding hydrogens is 308 g/mol. The van der Waals surface area contributed by atoms with Crippen LogP contribution in [0.25, 0.3) is 5.76 Å². The molecule has 5 heteroatoms. The first-order chi connectivity index (χ1) is 11.6. The van der Waals surface area contributed by atoms with Crippen LogP contribution < -0.4 is 18.9 Å². The molecule has 0 bridgehead atoms. The smallest absolute Gasteiger partial charge is 0.263 e. The van der Waals surface area contributed by atoms with Crippen LogP contribution in [-0.4, -0.2) is 33.5 Å². The Balaban J connectivity index is 2.19. The number of methoxy groups -OCH3 is 4. The maximum Gasteiger partial charge on any atom is 0.263 e. The molecule has 0 saturated heterocycles. The van der Waals surface area contributed by atoms with Crippen molar-refractivity contribution in [3.05, 3.63) is 52.6 Å². The summed E-state index contributed by atoms with van der Waals surface area (Å²) >= 11 is 0. The molecule has 0 amide bonds. The Morgan fingerprint density at radius 3 is 1.83 bits per heavy atom. The summed E-state index contributed by atoms with van der Waals surface area (Å²) in [5, 5.41) is 10.5. The lowest BCUT2D eigenvalue weighted by Crippen LogP contribution is -1.99. The molecule has 0 radical (unpaired) electrons. The fourth-order valence-corrected chi connectivity index (χ4v) is 2.87. The van der Waals surface area contributed by atoms with E-state index >= 15 is 0 Å². The van der Waals surface area contributed by atoms with Crippen LogP contribution in [-0.2, 0) is 6.42 Å². The van der Waals surface area contributed by atoms with Crippen molar-refractivity contribution in [3.8, 4) is 23.0 Å². The normalized spacial score (nSPS) is 12.1. The van der Waals surface area contributed by atoms with Crippen molar-refractivity contribution in [2.24, 2.45) is 0 Å². The van der Waals surface area contributed by atoms with Gasteiger partial charge in [0.15, 0.2) is 22.8 Å². The molecule has 1 N–H and O–H groups in total. The summed E-state index contributed by atoms with van der Waals surface area (Å²) in [6.07, 6.45) is 3.63. The predicted molar refractivity (Wildman–Crippen MR) is 90.3 cm³/mol. The number of ether oxygens (including phenoxy) is 4. The fraction of sp³-hybridized carbons (Fsp3) is 0.263. The SMILES string of the molecule is COc1cc2c(cc1OC)Cc1cc(OC)c(OC)cc1C(O)=[C+]2. The molecule has 124 valence electrons. The van der Waals surface area contributed by atoms with E-state index in [1.807, 2.05) is 18.2 Å². The van der Waals surface area contributed by atoms with Crippen LogP contribution in [0.1, 0.15) is 22.3 Å². The average Bonchev–Trinajstić information content (AvgIpc) is 2.74. The highest BCUT2D eigenvalue weighted by atomic mass is 16.5. The highest BCUT2D eigenvalue weighted by molar-refractivity contribution is 5.70. The van der Waals surface area contributed by atoms with E-state index in [0.29, 0.717) is 35.0 Å². The van der Waals surface area contributed by atoms with Gasteiger partial charge < -0.3 is 24.1 Å². The third-order valence-corrected chi connectivity index (χ3v) is 4.11. The molecule has 0 unspecified atom stereocenters. The zero-order valence-corrected chi connectivity index (χ0v) is 14.1. The number of fused-ring (bicyclic) bond motifs is 2. The van der Waals surface area contributed by atoms with Crippen molar-refractivity contribution in [1.29, 1.82) is 0 Å². The summed E-state index contributed by atoms with van der Waals surface area (Å²) in [6.45, 7) is 0. The van der Waals surface area contributed by atoms with E-state index in [1.54, 1.807) is 34.5 Å². The minimum absolute atomic E-state index is 0.0527. The molecule has 0 atom stereocenters. The van der Waals surface area contributed by atoms with Crippen molar-refractivity contribution in [2.75, 3.05) is 28.4 Å². The molecule has 0 saturated carbocycles. The molecule has 5 nitrogen and oxygen atoms in total. The topological polar surface area (TPSA) is 57.2 Å². The minimum Gasteiger partial charge on any atom is -0.493 e. The summed E-state index contributed by atoms with van der Waals surface area (Å²) in [4.78, 5) is 0. The highest BCUT2D eigenvalue weighted by Crippen LogP contribution is 2.39. The standard InChI is InChI=1S/C19H18O5/c1-21-16-7-11-5-13-9-18(23-3)19(24-4)10-14(13)15(20)6-12(11)8-17(16)22-2/h7-10H,5H2,1-4H3/p+1. The van der Waals surface area contributed by atoms with Gasteiger partial charge in [-0.1, -0.05) is 0 Å². The quantitative estimate of drug-likeness (QED) is 0.873. The molecule has 0 aliphatic heterocycles. The van der Waals surface area contributed by atoms with Gasteiger partial charge in [0, 0.05) is 24.1 Å². The van der Waals surface area contributed by atoms with E-state index < -0.39 is 0 Å². The number of aliphatic hydroxyl groups is 1. The number of hydrogen-bond donors (Lipinski definition) is 1. The maximum absolute atomic E-state index is 10.5. The van der Waals surface area contributed by atoms with E-state index in [-0.39, 0.29) is 5.76 Å². The Morgan fingerprint density at radius 2 is 1.25 bits per heavy atom. The summed E-state index contributed by atoms with van der Waals surface area (Å²) < 4.78 is 21.4. The zero-order chi connectivity index (χ0) is 17.3. The number of rotatable bonds is 4. The Bertz CT molecular complexity index is 808. The molecule has 0 spiro atoms. The van der Waals surface area contributed by atoms with Gasteiger partial charge in [0.1, 0.15) is 5.56 Å². The second kappa shape index (κ2) is 6.30. The average molecular weight is 327 g/mol. The Labute approximate surface area is 141 Å². The van der Waals surface area contributed by atoms with Crippen LogP contribution in [0.3, 0.4) is 0 Å². The maximum atomic E-state index is 10.5. The number of hydrogen-bond acceptors (Lipinski definition) is 5. The number of aliphatic hydroxyl groups excluding tert-OH is 1. The largest absolute Gasteiger partial charge is 0.493 e. The fourth-order valence-electron chi connectivity index (χ4n) is 2.87. The van der Waals surface area contributed by atoms with Crippen molar-refractivity contribution >= 4 is 5.76 Å². The summed E-state index contributed by atoms with van der Waals surface area (Å²) in [5.41, 5.74) is 3.33. The van der Waals surface area contributed by atoms with Crippen LogP contribution in [0.5, 0.6) is 23.0 Å². The molecule has 1 aliphatic rings. The molecular formula is C19H19O5+. The second-order valence-corrected chi connectivity index (χ2v) is 5.38. The van der Waals surface area contributed by atoms with Crippen LogP contribution in [0.15, 0.2) is 24.3 Å². The van der Waals surface area contributed by atoms with Gasteiger partial charge in [0.25, 0.3) is 5.76 Å². The Kier molecular flexibility index (Phi) is 4.19. The number of benzene rings is 2. The van der Waals surface area contributed by atoms with Gasteiger partial charge in [0.2, 0.25) is 5.75 Å². The van der Waals surface area contributed by atoms with Gasteiger partial charge in [-0.25, -0.2) is 0 Å². The highest BCUT2D eigenvalue weighted by Gasteiger charge is 2.27. The molecule has 2 aromatic carbocycles. The molecule has 0 fully saturated rings. The van der Waals surface area contributed by atoms with Crippen molar-refractivity contribution in [1.82, 2.24) is 0 Å². The first-order valence-corrected chi connectivity index (χ1v) is 7.44. The van der Waals surface area contributed by atoms with E-state index in [2.05, 4.69) is 6.08 Å². The van der Waals surface area contributed by atoms with Crippen LogP contribution in [0.4, 0.5) is 0 Å². The Morgan fingerprint density at radius 1 is 0.750 bits per heavy atom. The van der Waals surface area contributed by atoms with E-state index in [4.69, 9.17) is 18.9 Å². The van der Waals surface area contributed by atoms with Crippen LogP contribution >= 0.6 is 0 Å². The summed E-state index contributed by atoms with van der Waals surface area (Å²) in [7, 11) is 6.33. The van der Waals surface area contributed by atoms with Gasteiger partial charge in [0.05, 0.1) is 46.1 Å². The molecule has 2 aromatic rings. The van der Waals surface area contributed by atoms with E-state index in [1.165, 1.54) is 0 Å². The lowest BCUT2D eigenvalue weighted by molar-refractivity contribution is 0.354. The van der Waals surface area contributed by atoms with Gasteiger partial charge in [-0.15, -0.1) is 0 Å². The van der Waals surface area contributed by atoms with Crippen molar-refractivity contribution < 1.29 is 24.1 Å². The van der Waals surface area contributed by atoms with Gasteiger partial charge in [-0.05, 0) is 6.07 Å². The summed E-state index contributed by atoms with van der Waals surface area (Å²) in [5.74, 6) is 2.47. The zero-order valence-electron chi connectivity index (χ0n) is 14.1. The van der Waals surface area contributed by atoms with Crippen molar-refractivity contribution in [3.63, 3.8) is 0 Å². The first-order valence-electron chi connectivity index (χ1n) is 7.44. The lowest BCUT2D eigenvalue weighted by Gasteiger charge is -2.10. The molecule has 0 aromatic heterocycles. The molecule has 3 rings (SSSR count). The first kappa shape index (κ1) is 16.0. The third-order valence-electron chi connectivity index (χ3n) is 4.11. The second-order valence-electron chi connectivity index (χ2n) is 5.38. The monoisotopic (exact) mass is 327 g/mol. The molecule has 1 aliphatic carbocycles. The van der Waals surface area contributed by atoms with Crippen molar-refractivity contribution in [2.45, 2.75) is 6.42 Å².